The maximum Gasteiger partial charge on any atom is 0.266 e. The van der Waals surface area contributed by atoms with Gasteiger partial charge in [-0.3, -0.25) is 4.79 Å². The summed E-state index contributed by atoms with van der Waals surface area (Å²) >= 11 is 0. The summed E-state index contributed by atoms with van der Waals surface area (Å²) in [6.07, 6.45) is -0.0211. The summed E-state index contributed by atoms with van der Waals surface area (Å²) < 4.78 is 54.2. The van der Waals surface area contributed by atoms with E-state index in [0.29, 0.717) is 0 Å². The van der Waals surface area contributed by atoms with Crippen LogP contribution < -0.4 is 5.56 Å². The van der Waals surface area contributed by atoms with Crippen LogP contribution in [-0.4, -0.2) is 14.5 Å². The highest BCUT2D eigenvalue weighted by atomic mass is 19.3. The largest absolute Gasteiger partial charge is 0.315 e. The van der Waals surface area contributed by atoms with E-state index in [0.717, 1.165) is 35.3 Å². The molecular formula is C15H9F4N3O. The first-order valence-corrected chi connectivity index (χ1v) is 6.47. The molecule has 8 heteroatoms. The highest BCUT2D eigenvalue weighted by Gasteiger charge is 2.16. The molecule has 0 radical (unpaired) electrons. The van der Waals surface area contributed by atoms with Crippen LogP contribution in [0.25, 0.3) is 22.2 Å². The van der Waals surface area contributed by atoms with Gasteiger partial charge in [0.15, 0.2) is 5.82 Å². The molecule has 0 saturated carbocycles. The van der Waals surface area contributed by atoms with Crippen LogP contribution in [0.4, 0.5) is 17.6 Å². The fourth-order valence-electron chi connectivity index (χ4n) is 2.20. The number of rotatable bonds is 2. The highest BCUT2D eigenvalue weighted by molar-refractivity contribution is 5.86. The van der Waals surface area contributed by atoms with Crippen LogP contribution >= 0.6 is 0 Å². The Morgan fingerprint density at radius 2 is 1.70 bits per heavy atom. The number of halogens is 4. The molecule has 0 atom stereocenters. The molecule has 3 aromatic rings. The standard InChI is InChI=1S/C15H9F4N3O/c1-22-6-12(17)8-2-10(11(16)3-9(8)15(22)23)14-20-4-7(5-21-14)13(18)19/h2-6,13H,1H3. The number of aryl methyl sites for hydroxylation is 1. The number of hydrogen-bond acceptors (Lipinski definition) is 3. The number of benzene rings is 1. The Kier molecular flexibility index (Phi) is 3.59. The molecule has 1 aromatic carbocycles. The molecule has 4 nitrogen and oxygen atoms in total. The summed E-state index contributed by atoms with van der Waals surface area (Å²) in [6.45, 7) is 0. The van der Waals surface area contributed by atoms with Crippen LogP contribution in [0.1, 0.15) is 12.0 Å². The molecule has 0 unspecified atom stereocenters. The van der Waals surface area contributed by atoms with Crippen molar-refractivity contribution >= 4 is 10.8 Å². The number of hydrogen-bond donors (Lipinski definition) is 0. The second-order valence-electron chi connectivity index (χ2n) is 4.91. The second kappa shape index (κ2) is 5.45. The van der Waals surface area contributed by atoms with Gasteiger partial charge in [0.25, 0.3) is 12.0 Å². The van der Waals surface area contributed by atoms with E-state index < -0.39 is 29.2 Å². The van der Waals surface area contributed by atoms with Gasteiger partial charge in [-0.1, -0.05) is 0 Å². The van der Waals surface area contributed by atoms with E-state index in [1.165, 1.54) is 7.05 Å². The van der Waals surface area contributed by atoms with Crippen molar-refractivity contribution in [2.45, 2.75) is 6.43 Å². The minimum Gasteiger partial charge on any atom is -0.315 e. The molecule has 2 heterocycles. The zero-order valence-corrected chi connectivity index (χ0v) is 11.7. The van der Waals surface area contributed by atoms with E-state index in [1.54, 1.807) is 0 Å². The maximum atomic E-state index is 14.2. The normalized spacial score (nSPS) is 11.4. The summed E-state index contributed by atoms with van der Waals surface area (Å²) in [7, 11) is 1.35. The summed E-state index contributed by atoms with van der Waals surface area (Å²) in [4.78, 5) is 19.3. The van der Waals surface area contributed by atoms with Crippen molar-refractivity contribution in [3.8, 4) is 11.4 Å². The van der Waals surface area contributed by atoms with Crippen LogP contribution in [0.2, 0.25) is 0 Å². The number of aromatic nitrogens is 3. The molecule has 0 saturated heterocycles. The number of pyridine rings is 1. The van der Waals surface area contributed by atoms with E-state index >= 15 is 0 Å². The number of nitrogens with zero attached hydrogens (tertiary/aromatic N) is 3. The van der Waals surface area contributed by atoms with Crippen LogP contribution in [0.3, 0.4) is 0 Å². The van der Waals surface area contributed by atoms with E-state index in [1.807, 2.05) is 0 Å². The summed E-state index contributed by atoms with van der Waals surface area (Å²) in [5, 5.41) is -0.219. The first kappa shape index (κ1) is 15.1. The van der Waals surface area contributed by atoms with Gasteiger partial charge in [-0.15, -0.1) is 0 Å². The Balaban J connectivity index is 2.22. The van der Waals surface area contributed by atoms with Gasteiger partial charge in [0.1, 0.15) is 11.6 Å². The fourth-order valence-corrected chi connectivity index (χ4v) is 2.20. The Bertz CT molecular complexity index is 952. The van der Waals surface area contributed by atoms with Gasteiger partial charge in [-0.25, -0.2) is 27.5 Å². The van der Waals surface area contributed by atoms with Crippen molar-refractivity contribution in [2.75, 3.05) is 0 Å². The van der Waals surface area contributed by atoms with Crippen molar-refractivity contribution in [1.29, 1.82) is 0 Å². The molecule has 0 spiro atoms. The van der Waals surface area contributed by atoms with Crippen molar-refractivity contribution in [2.24, 2.45) is 7.05 Å². The Labute approximate surface area is 127 Å². The SMILES string of the molecule is Cn1cc(F)c2cc(-c3ncc(C(F)F)cn3)c(F)cc2c1=O. The molecule has 0 aliphatic heterocycles. The van der Waals surface area contributed by atoms with Crippen LogP contribution in [0.5, 0.6) is 0 Å². The second-order valence-corrected chi connectivity index (χ2v) is 4.91. The molecular weight excluding hydrogens is 314 g/mol. The van der Waals surface area contributed by atoms with Crippen molar-refractivity contribution in [3.63, 3.8) is 0 Å². The van der Waals surface area contributed by atoms with Gasteiger partial charge < -0.3 is 4.57 Å². The van der Waals surface area contributed by atoms with E-state index in [2.05, 4.69) is 9.97 Å². The number of fused-ring (bicyclic) bond motifs is 1. The lowest BCUT2D eigenvalue weighted by Gasteiger charge is -2.07. The lowest BCUT2D eigenvalue weighted by atomic mass is 10.1. The van der Waals surface area contributed by atoms with Gasteiger partial charge in [-0.05, 0) is 12.1 Å². The molecule has 0 fully saturated rings. The maximum absolute atomic E-state index is 14.2. The third-order valence-corrected chi connectivity index (χ3v) is 3.39. The van der Waals surface area contributed by atoms with E-state index in [-0.39, 0.29) is 22.2 Å². The van der Waals surface area contributed by atoms with E-state index in [4.69, 9.17) is 0 Å². The molecule has 118 valence electrons. The van der Waals surface area contributed by atoms with Crippen LogP contribution in [0, 0.1) is 11.6 Å². The van der Waals surface area contributed by atoms with Crippen molar-refractivity contribution in [3.05, 3.63) is 58.3 Å². The Morgan fingerprint density at radius 1 is 1.04 bits per heavy atom. The average molecular weight is 323 g/mol. The predicted octanol–water partition coefficient (Wildman–Crippen LogP) is 3.21. The Morgan fingerprint density at radius 3 is 2.30 bits per heavy atom. The fraction of sp³-hybridized carbons (Fsp3) is 0.133. The monoisotopic (exact) mass is 323 g/mol. The quantitative estimate of drug-likeness (QED) is 0.680. The first-order chi connectivity index (χ1) is 10.9. The topological polar surface area (TPSA) is 47.8 Å². The van der Waals surface area contributed by atoms with Crippen LogP contribution in [0.15, 0.2) is 35.5 Å². The molecule has 23 heavy (non-hydrogen) atoms. The first-order valence-electron chi connectivity index (χ1n) is 6.47. The van der Waals surface area contributed by atoms with Gasteiger partial charge in [-0.2, -0.15) is 0 Å². The highest BCUT2D eigenvalue weighted by Crippen LogP contribution is 2.26. The third-order valence-electron chi connectivity index (χ3n) is 3.39. The van der Waals surface area contributed by atoms with Gasteiger partial charge in [0, 0.05) is 31.0 Å². The third kappa shape index (κ3) is 2.56. The zero-order chi connectivity index (χ0) is 16.7. The molecule has 0 aliphatic rings. The average Bonchev–Trinajstić information content (AvgIpc) is 2.52. The van der Waals surface area contributed by atoms with Crippen molar-refractivity contribution < 1.29 is 17.6 Å². The molecule has 0 amide bonds. The van der Waals surface area contributed by atoms with E-state index in [9.17, 15) is 22.4 Å². The molecule has 0 aliphatic carbocycles. The number of alkyl halides is 2. The Hall–Kier alpha value is -2.77. The van der Waals surface area contributed by atoms with Gasteiger partial charge in [0.05, 0.1) is 16.5 Å². The molecule has 0 N–H and O–H groups in total. The smallest absolute Gasteiger partial charge is 0.266 e. The van der Waals surface area contributed by atoms with Crippen LogP contribution in [-0.2, 0) is 7.05 Å². The van der Waals surface area contributed by atoms with Gasteiger partial charge in [0.2, 0.25) is 0 Å². The van der Waals surface area contributed by atoms with Gasteiger partial charge >= 0.3 is 0 Å². The summed E-state index contributed by atoms with van der Waals surface area (Å²) in [6, 6.07) is 1.99. The molecule has 3 rings (SSSR count). The summed E-state index contributed by atoms with van der Waals surface area (Å²) in [5.41, 5.74) is -1.14. The lowest BCUT2D eigenvalue weighted by Crippen LogP contribution is -2.17. The molecule has 2 aromatic heterocycles. The predicted molar refractivity (Wildman–Crippen MR) is 75.1 cm³/mol. The zero-order valence-electron chi connectivity index (χ0n) is 11.7. The lowest BCUT2D eigenvalue weighted by molar-refractivity contribution is 0.150. The molecule has 0 bridgehead atoms. The minimum atomic E-state index is -2.74. The minimum absolute atomic E-state index is 0.0916. The van der Waals surface area contributed by atoms with Crippen molar-refractivity contribution in [1.82, 2.24) is 14.5 Å². The summed E-state index contributed by atoms with van der Waals surface area (Å²) in [5.74, 6) is -1.73.